The number of sulfone groups is 1. The molecular weight excluding hydrogens is 480 g/mol. The number of amides is 2. The van der Waals surface area contributed by atoms with Gasteiger partial charge in [0.15, 0.2) is 9.84 Å². The van der Waals surface area contributed by atoms with Gasteiger partial charge in [0.1, 0.15) is 10.7 Å². The van der Waals surface area contributed by atoms with Crippen molar-refractivity contribution in [2.45, 2.75) is 25.9 Å². The average Bonchev–Trinajstić information content (AvgIpc) is 3.22. The number of hydrogen-bond acceptors (Lipinski definition) is 7. The first-order valence-corrected chi connectivity index (χ1v) is 13.8. The van der Waals surface area contributed by atoms with Crippen molar-refractivity contribution in [3.8, 4) is 5.75 Å². The maximum atomic E-state index is 13.2. The molecule has 0 unspecified atom stereocenters. The fraction of sp³-hybridized carbons (Fsp3) is 0.304. The van der Waals surface area contributed by atoms with Crippen molar-refractivity contribution in [2.24, 2.45) is 0 Å². The Morgan fingerprint density at radius 1 is 1.06 bits per heavy atom. The molecule has 34 heavy (non-hydrogen) atoms. The average molecular weight is 505 g/mol. The van der Waals surface area contributed by atoms with Crippen LogP contribution in [-0.4, -0.2) is 57.6 Å². The first-order chi connectivity index (χ1) is 16.0. The smallest absolute Gasteiger partial charge is 0.268 e. The molecule has 2 heterocycles. The van der Waals surface area contributed by atoms with Gasteiger partial charge in [-0.3, -0.25) is 9.59 Å². The molecule has 1 saturated heterocycles. The van der Waals surface area contributed by atoms with Crippen LogP contribution in [0.3, 0.4) is 0 Å². The van der Waals surface area contributed by atoms with Crippen LogP contribution in [0, 0.1) is 0 Å². The zero-order valence-electron chi connectivity index (χ0n) is 18.6. The lowest BCUT2D eigenvalue weighted by molar-refractivity contribution is -0.122. The van der Waals surface area contributed by atoms with Gasteiger partial charge in [0, 0.05) is 17.2 Å². The Balaban J connectivity index is 1.48. The van der Waals surface area contributed by atoms with Crippen molar-refractivity contribution in [2.75, 3.05) is 18.6 Å². The van der Waals surface area contributed by atoms with Gasteiger partial charge >= 0.3 is 0 Å². The van der Waals surface area contributed by atoms with Crippen LogP contribution >= 0.6 is 0 Å². The minimum atomic E-state index is -4.06. The molecule has 9 nitrogen and oxygen atoms in total. The van der Waals surface area contributed by atoms with Crippen LogP contribution in [0.5, 0.6) is 5.75 Å². The van der Waals surface area contributed by atoms with Gasteiger partial charge in [-0.15, -0.1) is 0 Å². The Morgan fingerprint density at radius 2 is 1.71 bits per heavy atom. The van der Waals surface area contributed by atoms with Crippen molar-refractivity contribution in [1.82, 2.24) is 9.62 Å². The maximum absolute atomic E-state index is 13.2. The molecule has 2 aromatic rings. The molecule has 0 saturated carbocycles. The van der Waals surface area contributed by atoms with Crippen LogP contribution in [0.4, 0.5) is 0 Å². The molecule has 11 heteroatoms. The SMILES string of the molecule is COc1ccc(C2=C(C)C(=O)N(Cc3ccc(C(=O)N[C@@H]4CCS(=O)(=O)C4)cc3)S2(=O)=O)cc1. The van der Waals surface area contributed by atoms with Gasteiger partial charge in [0.2, 0.25) is 0 Å². The van der Waals surface area contributed by atoms with E-state index in [1.54, 1.807) is 36.4 Å². The third kappa shape index (κ3) is 4.58. The molecule has 2 amide bonds. The Kier molecular flexibility index (Phi) is 6.26. The summed E-state index contributed by atoms with van der Waals surface area (Å²) in [6, 6.07) is 12.2. The summed E-state index contributed by atoms with van der Waals surface area (Å²) in [4.78, 5) is 25.2. The highest BCUT2D eigenvalue weighted by molar-refractivity contribution is 7.99. The Labute approximate surface area is 198 Å². The number of nitrogens with zero attached hydrogens (tertiary/aromatic N) is 1. The Hall–Kier alpha value is -3.18. The van der Waals surface area contributed by atoms with Gasteiger partial charge in [-0.1, -0.05) is 12.1 Å². The van der Waals surface area contributed by atoms with Gasteiger partial charge in [-0.25, -0.2) is 21.1 Å². The normalized spacial score (nSPS) is 21.1. The maximum Gasteiger partial charge on any atom is 0.268 e. The van der Waals surface area contributed by atoms with E-state index in [4.69, 9.17) is 4.74 Å². The van der Waals surface area contributed by atoms with E-state index in [0.717, 1.165) is 4.31 Å². The van der Waals surface area contributed by atoms with Crippen molar-refractivity contribution >= 4 is 36.6 Å². The van der Waals surface area contributed by atoms with E-state index in [2.05, 4.69) is 5.32 Å². The van der Waals surface area contributed by atoms with E-state index in [1.807, 2.05) is 0 Å². The summed E-state index contributed by atoms with van der Waals surface area (Å²) in [7, 11) is -5.67. The number of benzene rings is 2. The van der Waals surface area contributed by atoms with E-state index in [0.29, 0.717) is 28.9 Å². The van der Waals surface area contributed by atoms with Crippen LogP contribution in [0.1, 0.15) is 34.8 Å². The second-order valence-electron chi connectivity index (χ2n) is 8.27. The fourth-order valence-corrected chi connectivity index (χ4v) is 7.54. The van der Waals surface area contributed by atoms with Crippen LogP contribution < -0.4 is 10.1 Å². The second-order valence-corrected chi connectivity index (χ2v) is 12.3. The Morgan fingerprint density at radius 3 is 2.26 bits per heavy atom. The van der Waals surface area contributed by atoms with Gasteiger partial charge in [-0.05, 0) is 60.9 Å². The molecule has 0 spiro atoms. The zero-order valence-corrected chi connectivity index (χ0v) is 20.3. The lowest BCUT2D eigenvalue weighted by Crippen LogP contribution is -2.35. The molecule has 1 atom stereocenters. The Bertz CT molecular complexity index is 1380. The molecule has 0 aliphatic carbocycles. The number of ether oxygens (including phenoxy) is 1. The summed E-state index contributed by atoms with van der Waals surface area (Å²) in [6.45, 7) is 1.30. The molecule has 4 rings (SSSR count). The van der Waals surface area contributed by atoms with E-state index in [9.17, 15) is 26.4 Å². The van der Waals surface area contributed by atoms with Crippen LogP contribution in [-0.2, 0) is 31.2 Å². The minimum Gasteiger partial charge on any atom is -0.497 e. The van der Waals surface area contributed by atoms with Crippen LogP contribution in [0.25, 0.3) is 4.91 Å². The number of nitrogens with one attached hydrogen (secondary N) is 1. The number of methoxy groups -OCH3 is 1. The standard InChI is InChI=1S/C23H24N2O7S2/c1-15-21(17-7-9-20(32-2)10-8-17)34(30,31)25(23(15)27)13-16-3-5-18(6-4-16)22(26)24-19-11-12-33(28,29)14-19/h3-10,19H,11-14H2,1-2H3,(H,24,26)/t19-/m1/s1. The number of carbonyl (C=O) groups excluding carboxylic acids is 2. The lowest BCUT2D eigenvalue weighted by atomic mass is 10.1. The van der Waals surface area contributed by atoms with Crippen molar-refractivity contribution in [3.63, 3.8) is 0 Å². The molecule has 180 valence electrons. The first-order valence-electron chi connectivity index (χ1n) is 10.5. The van der Waals surface area contributed by atoms with Gasteiger partial charge in [-0.2, -0.15) is 0 Å². The topological polar surface area (TPSA) is 127 Å². The predicted molar refractivity (Wildman–Crippen MR) is 126 cm³/mol. The molecule has 0 radical (unpaired) electrons. The van der Waals surface area contributed by atoms with Crippen molar-refractivity contribution in [1.29, 1.82) is 0 Å². The van der Waals surface area contributed by atoms with E-state index < -0.39 is 37.7 Å². The molecule has 0 aromatic heterocycles. The molecule has 0 bridgehead atoms. The van der Waals surface area contributed by atoms with E-state index in [-0.39, 0.29) is 28.5 Å². The summed E-state index contributed by atoms with van der Waals surface area (Å²) in [5.74, 6) is -0.456. The van der Waals surface area contributed by atoms with Crippen molar-refractivity contribution in [3.05, 3.63) is 70.8 Å². The fourth-order valence-electron chi connectivity index (χ4n) is 4.07. The van der Waals surface area contributed by atoms with E-state index >= 15 is 0 Å². The third-order valence-corrected chi connectivity index (χ3v) is 9.60. The summed E-state index contributed by atoms with van der Waals surface area (Å²) in [6.07, 6.45) is 0.379. The van der Waals surface area contributed by atoms with Gasteiger partial charge < -0.3 is 10.1 Å². The van der Waals surface area contributed by atoms with Crippen LogP contribution in [0.2, 0.25) is 0 Å². The number of rotatable bonds is 6. The molecule has 1 fully saturated rings. The monoisotopic (exact) mass is 504 g/mol. The number of hydrogen-bond donors (Lipinski definition) is 1. The summed E-state index contributed by atoms with van der Waals surface area (Å²) >= 11 is 0. The van der Waals surface area contributed by atoms with Crippen molar-refractivity contribution < 1.29 is 31.2 Å². The van der Waals surface area contributed by atoms with E-state index in [1.165, 1.54) is 26.2 Å². The molecule has 1 N–H and O–H groups in total. The highest BCUT2D eigenvalue weighted by Crippen LogP contribution is 2.37. The zero-order chi connectivity index (χ0) is 24.7. The summed E-state index contributed by atoms with van der Waals surface area (Å²) in [5.41, 5.74) is 1.38. The molecule has 2 aliphatic rings. The molecule has 2 aromatic carbocycles. The van der Waals surface area contributed by atoms with Crippen LogP contribution in [0.15, 0.2) is 54.1 Å². The van der Waals surface area contributed by atoms with Gasteiger partial charge in [0.25, 0.3) is 21.8 Å². The number of carbonyl (C=O) groups is 2. The number of sulfonamides is 1. The first kappa shape index (κ1) is 24.0. The highest BCUT2D eigenvalue weighted by atomic mass is 32.2. The lowest BCUT2D eigenvalue weighted by Gasteiger charge is -2.17. The summed E-state index contributed by atoms with van der Waals surface area (Å²) < 4.78 is 55.5. The largest absolute Gasteiger partial charge is 0.497 e. The minimum absolute atomic E-state index is 0.0392. The predicted octanol–water partition coefficient (Wildman–Crippen LogP) is 1.72. The second kappa shape index (κ2) is 8.88. The molecular formula is C23H24N2O7S2. The third-order valence-electron chi connectivity index (χ3n) is 5.90. The quantitative estimate of drug-likeness (QED) is 0.635. The summed E-state index contributed by atoms with van der Waals surface area (Å²) in [5, 5.41) is 2.71. The molecule has 2 aliphatic heterocycles. The highest BCUT2D eigenvalue weighted by Gasteiger charge is 2.42. The van der Waals surface area contributed by atoms with Gasteiger partial charge in [0.05, 0.1) is 25.2 Å².